The molecule has 7 heteroatoms. The van der Waals surface area contributed by atoms with Gasteiger partial charge in [-0.3, -0.25) is 9.36 Å². The topological polar surface area (TPSA) is 81.9 Å². The third-order valence-electron chi connectivity index (χ3n) is 5.01. The zero-order valence-electron chi connectivity index (χ0n) is 15.6. The summed E-state index contributed by atoms with van der Waals surface area (Å²) in [4.78, 5) is 16.1. The molecule has 0 atom stereocenters. The fourth-order valence-corrected chi connectivity index (χ4v) is 3.48. The van der Waals surface area contributed by atoms with Crippen molar-refractivity contribution in [1.82, 2.24) is 19.7 Å². The van der Waals surface area contributed by atoms with Gasteiger partial charge in [-0.25, -0.2) is 4.98 Å². The van der Waals surface area contributed by atoms with Gasteiger partial charge in [0, 0.05) is 30.6 Å². The zero-order chi connectivity index (χ0) is 19.2. The molecular formula is C21H23N5O2. The predicted octanol–water partition coefficient (Wildman–Crippen LogP) is 4.36. The average molecular weight is 377 g/mol. The molecule has 2 aromatic heterocycles. The van der Waals surface area contributed by atoms with Crippen LogP contribution in [0.1, 0.15) is 38.5 Å². The van der Waals surface area contributed by atoms with Gasteiger partial charge in [0.25, 0.3) is 0 Å². The van der Waals surface area contributed by atoms with Gasteiger partial charge in [-0.15, -0.1) is 10.2 Å². The Balaban J connectivity index is 1.28. The third kappa shape index (κ3) is 4.73. The van der Waals surface area contributed by atoms with E-state index < -0.39 is 0 Å². The van der Waals surface area contributed by atoms with E-state index in [4.69, 9.17) is 4.74 Å². The number of carbonyl (C=O) groups is 1. The van der Waals surface area contributed by atoms with Gasteiger partial charge in [-0.05, 0) is 42.7 Å². The van der Waals surface area contributed by atoms with Crippen LogP contribution in [0.4, 0.5) is 5.69 Å². The van der Waals surface area contributed by atoms with Crippen LogP contribution < -0.4 is 10.1 Å². The Morgan fingerprint density at radius 2 is 1.93 bits per heavy atom. The van der Waals surface area contributed by atoms with E-state index in [-0.39, 0.29) is 5.91 Å². The Labute approximate surface area is 163 Å². The third-order valence-corrected chi connectivity index (χ3v) is 5.01. The van der Waals surface area contributed by atoms with Crippen LogP contribution in [0, 0.1) is 5.92 Å². The summed E-state index contributed by atoms with van der Waals surface area (Å²) in [6.45, 7) is 0. The van der Waals surface area contributed by atoms with Gasteiger partial charge in [-0.2, -0.15) is 0 Å². The molecule has 0 radical (unpaired) electrons. The van der Waals surface area contributed by atoms with Crippen LogP contribution in [0.5, 0.6) is 11.6 Å². The molecule has 1 saturated carbocycles. The Morgan fingerprint density at radius 1 is 1.11 bits per heavy atom. The monoisotopic (exact) mass is 377 g/mol. The van der Waals surface area contributed by atoms with Crippen molar-refractivity contribution in [2.45, 2.75) is 38.5 Å². The van der Waals surface area contributed by atoms with Crippen molar-refractivity contribution >= 4 is 11.6 Å². The molecule has 1 N–H and O–H groups in total. The van der Waals surface area contributed by atoms with E-state index in [0.29, 0.717) is 23.9 Å². The Bertz CT molecular complexity index is 886. The standard InChI is InChI=1S/C21H23N5O2/c27-20(11-5-16-3-1-2-4-16)23-17-6-8-18(9-7-17)28-21-12-10-19(24-25-21)26-14-13-22-15-26/h6-10,12-16H,1-5,11H2,(H,23,27). The SMILES string of the molecule is O=C(CCC1CCCC1)Nc1ccc(Oc2ccc(-n3ccnc3)nn2)cc1. The Kier molecular flexibility index (Phi) is 5.61. The molecule has 0 bridgehead atoms. The van der Waals surface area contributed by atoms with E-state index in [9.17, 15) is 4.79 Å². The highest BCUT2D eigenvalue weighted by molar-refractivity contribution is 5.90. The fraction of sp³-hybridized carbons (Fsp3) is 0.333. The number of nitrogens with zero attached hydrogens (tertiary/aromatic N) is 4. The van der Waals surface area contributed by atoms with E-state index in [0.717, 1.165) is 18.0 Å². The molecule has 0 unspecified atom stereocenters. The highest BCUT2D eigenvalue weighted by Gasteiger charge is 2.16. The average Bonchev–Trinajstić information content (AvgIpc) is 3.43. The number of carbonyl (C=O) groups excluding carboxylic acids is 1. The lowest BCUT2D eigenvalue weighted by Gasteiger charge is -2.10. The molecule has 4 rings (SSSR count). The number of aromatic nitrogens is 4. The van der Waals surface area contributed by atoms with Crippen LogP contribution in [-0.4, -0.2) is 25.7 Å². The van der Waals surface area contributed by atoms with E-state index >= 15 is 0 Å². The van der Waals surface area contributed by atoms with Gasteiger partial charge in [0.05, 0.1) is 0 Å². The molecule has 7 nitrogen and oxygen atoms in total. The minimum atomic E-state index is 0.0709. The highest BCUT2D eigenvalue weighted by Crippen LogP contribution is 2.28. The van der Waals surface area contributed by atoms with Crippen molar-refractivity contribution in [3.8, 4) is 17.4 Å². The number of imidazole rings is 1. The van der Waals surface area contributed by atoms with Crippen LogP contribution in [0.15, 0.2) is 55.1 Å². The van der Waals surface area contributed by atoms with Crippen molar-refractivity contribution in [2.75, 3.05) is 5.32 Å². The molecule has 1 aliphatic carbocycles. The summed E-state index contributed by atoms with van der Waals surface area (Å²) in [6.07, 6.45) is 11.9. The number of hydrogen-bond donors (Lipinski definition) is 1. The minimum Gasteiger partial charge on any atom is -0.438 e. The maximum atomic E-state index is 12.1. The quantitative estimate of drug-likeness (QED) is 0.661. The largest absolute Gasteiger partial charge is 0.438 e. The van der Waals surface area contributed by atoms with Crippen LogP contribution in [-0.2, 0) is 4.79 Å². The summed E-state index contributed by atoms with van der Waals surface area (Å²) in [5, 5.41) is 11.1. The molecule has 0 aliphatic heterocycles. The van der Waals surface area contributed by atoms with E-state index in [1.165, 1.54) is 25.7 Å². The van der Waals surface area contributed by atoms with Crippen molar-refractivity contribution in [1.29, 1.82) is 0 Å². The van der Waals surface area contributed by atoms with Gasteiger partial charge in [-0.1, -0.05) is 25.7 Å². The van der Waals surface area contributed by atoms with Crippen LogP contribution in [0.25, 0.3) is 5.82 Å². The molecule has 3 aromatic rings. The first-order chi connectivity index (χ1) is 13.8. The number of ether oxygens (including phenoxy) is 1. The molecule has 0 spiro atoms. The van der Waals surface area contributed by atoms with Gasteiger partial charge in [0.1, 0.15) is 12.1 Å². The molecule has 1 aliphatic rings. The van der Waals surface area contributed by atoms with Crippen molar-refractivity contribution in [3.63, 3.8) is 0 Å². The fourth-order valence-electron chi connectivity index (χ4n) is 3.48. The van der Waals surface area contributed by atoms with Crippen LogP contribution >= 0.6 is 0 Å². The lowest BCUT2D eigenvalue weighted by molar-refractivity contribution is -0.116. The van der Waals surface area contributed by atoms with Gasteiger partial charge in [0.2, 0.25) is 11.8 Å². The first-order valence-corrected chi connectivity index (χ1v) is 9.66. The predicted molar refractivity (Wildman–Crippen MR) is 105 cm³/mol. The van der Waals surface area contributed by atoms with Gasteiger partial charge < -0.3 is 10.1 Å². The second-order valence-corrected chi connectivity index (χ2v) is 7.06. The van der Waals surface area contributed by atoms with Crippen LogP contribution in [0.2, 0.25) is 0 Å². The maximum Gasteiger partial charge on any atom is 0.238 e. The first kappa shape index (κ1) is 18.2. The molecule has 0 saturated heterocycles. The second-order valence-electron chi connectivity index (χ2n) is 7.06. The molecular weight excluding hydrogens is 354 g/mol. The first-order valence-electron chi connectivity index (χ1n) is 9.66. The molecule has 144 valence electrons. The molecule has 2 heterocycles. The number of nitrogens with one attached hydrogen (secondary N) is 1. The molecule has 1 amide bonds. The normalized spacial score (nSPS) is 14.1. The Morgan fingerprint density at radius 3 is 2.61 bits per heavy atom. The summed E-state index contributed by atoms with van der Waals surface area (Å²) in [7, 11) is 0. The lowest BCUT2D eigenvalue weighted by Crippen LogP contribution is -2.12. The summed E-state index contributed by atoms with van der Waals surface area (Å²) in [5.74, 6) is 2.50. The number of amides is 1. The minimum absolute atomic E-state index is 0.0709. The number of rotatable bonds is 7. The lowest BCUT2D eigenvalue weighted by atomic mass is 10.0. The molecule has 1 aromatic carbocycles. The van der Waals surface area contributed by atoms with E-state index in [2.05, 4.69) is 20.5 Å². The number of benzene rings is 1. The zero-order valence-corrected chi connectivity index (χ0v) is 15.6. The number of hydrogen-bond acceptors (Lipinski definition) is 5. The van der Waals surface area contributed by atoms with Crippen molar-refractivity contribution in [2.24, 2.45) is 5.92 Å². The Hall–Kier alpha value is -3.22. The summed E-state index contributed by atoms with van der Waals surface area (Å²) in [6, 6.07) is 10.8. The molecule has 1 fully saturated rings. The smallest absolute Gasteiger partial charge is 0.238 e. The number of anilines is 1. The second kappa shape index (κ2) is 8.65. The summed E-state index contributed by atoms with van der Waals surface area (Å²) < 4.78 is 7.48. The summed E-state index contributed by atoms with van der Waals surface area (Å²) >= 11 is 0. The highest BCUT2D eigenvalue weighted by atomic mass is 16.5. The van der Waals surface area contributed by atoms with E-state index in [1.807, 2.05) is 18.2 Å². The van der Waals surface area contributed by atoms with Gasteiger partial charge in [0.15, 0.2) is 5.82 Å². The molecule has 28 heavy (non-hydrogen) atoms. The van der Waals surface area contributed by atoms with Gasteiger partial charge >= 0.3 is 0 Å². The van der Waals surface area contributed by atoms with Crippen molar-refractivity contribution < 1.29 is 9.53 Å². The summed E-state index contributed by atoms with van der Waals surface area (Å²) in [5.41, 5.74) is 0.769. The van der Waals surface area contributed by atoms with Crippen molar-refractivity contribution in [3.05, 3.63) is 55.1 Å². The maximum absolute atomic E-state index is 12.1. The van der Waals surface area contributed by atoms with Crippen LogP contribution in [0.3, 0.4) is 0 Å². The van der Waals surface area contributed by atoms with E-state index in [1.54, 1.807) is 41.5 Å².